The minimum atomic E-state index is -0.600. The molecule has 2 aliphatic rings. The highest BCUT2D eigenvalue weighted by Crippen LogP contribution is 2.29. The zero-order valence-corrected chi connectivity index (χ0v) is 16.4. The van der Waals surface area contributed by atoms with Crippen LogP contribution in [0.3, 0.4) is 0 Å². The van der Waals surface area contributed by atoms with E-state index in [1.807, 2.05) is 25.7 Å². The van der Waals surface area contributed by atoms with Crippen molar-refractivity contribution in [3.05, 3.63) is 24.0 Å². The zero-order chi connectivity index (χ0) is 20.5. The Morgan fingerprint density at radius 3 is 2.54 bits per heavy atom. The summed E-state index contributed by atoms with van der Waals surface area (Å²) in [6.07, 6.45) is -0.970. The Labute approximate surface area is 163 Å². The van der Waals surface area contributed by atoms with Crippen molar-refractivity contribution in [1.29, 1.82) is 0 Å². The van der Waals surface area contributed by atoms with E-state index in [0.717, 1.165) is 0 Å². The van der Waals surface area contributed by atoms with Gasteiger partial charge in [-0.3, -0.25) is 4.90 Å². The van der Waals surface area contributed by atoms with Crippen molar-refractivity contribution in [2.24, 2.45) is 0 Å². The highest BCUT2D eigenvalue weighted by Gasteiger charge is 2.34. The third kappa shape index (κ3) is 4.30. The van der Waals surface area contributed by atoms with Crippen LogP contribution in [-0.2, 0) is 9.47 Å². The van der Waals surface area contributed by atoms with Gasteiger partial charge in [-0.05, 0) is 39.0 Å². The Balaban J connectivity index is 1.66. The number of ether oxygens (including phenoxy) is 2. The van der Waals surface area contributed by atoms with Crippen LogP contribution >= 0.6 is 0 Å². The number of carbonyl (C=O) groups is 2. The van der Waals surface area contributed by atoms with E-state index >= 15 is 0 Å². The second-order valence-corrected chi connectivity index (χ2v) is 7.87. The fourth-order valence-electron chi connectivity index (χ4n) is 3.27. The Kier molecular flexibility index (Phi) is 5.64. The molecule has 154 valence electrons. The number of cyclic esters (lactones) is 1. The van der Waals surface area contributed by atoms with Gasteiger partial charge >= 0.3 is 12.2 Å². The van der Waals surface area contributed by atoms with Crippen LogP contribution < -0.4 is 9.80 Å². The van der Waals surface area contributed by atoms with Crippen LogP contribution in [0.5, 0.6) is 0 Å². The predicted molar refractivity (Wildman–Crippen MR) is 101 cm³/mol. The molecule has 1 atom stereocenters. The molecule has 1 N–H and O–H groups in total. The van der Waals surface area contributed by atoms with E-state index in [2.05, 4.69) is 0 Å². The van der Waals surface area contributed by atoms with E-state index in [9.17, 15) is 19.1 Å². The smallest absolute Gasteiger partial charge is 0.414 e. The Morgan fingerprint density at radius 2 is 1.96 bits per heavy atom. The molecule has 2 amide bonds. The lowest BCUT2D eigenvalue weighted by atomic mass is 10.2. The molecule has 0 radical (unpaired) electrons. The van der Waals surface area contributed by atoms with Crippen LogP contribution in [0.15, 0.2) is 18.2 Å². The summed E-state index contributed by atoms with van der Waals surface area (Å²) in [5.41, 5.74) is 0.190. The summed E-state index contributed by atoms with van der Waals surface area (Å²) in [6.45, 7) is 7.07. The second-order valence-electron chi connectivity index (χ2n) is 7.87. The molecule has 2 aliphatic heterocycles. The van der Waals surface area contributed by atoms with Crippen molar-refractivity contribution in [2.75, 3.05) is 49.2 Å². The zero-order valence-electron chi connectivity index (χ0n) is 16.4. The standard InChI is InChI=1S/C19H26FN3O5/c1-19(2,3)28-17(25)22-8-6-21(7-9-22)16-5-4-13(10-15(16)20)23-14(11-24)12-27-18(23)26/h4-5,10,14,24H,6-9,11-12H2,1-3H3/t14-/m1/s1. The first-order chi connectivity index (χ1) is 13.2. The van der Waals surface area contributed by atoms with Gasteiger partial charge in [0.25, 0.3) is 0 Å². The van der Waals surface area contributed by atoms with Gasteiger partial charge in [0.15, 0.2) is 0 Å². The highest BCUT2D eigenvalue weighted by molar-refractivity contribution is 5.90. The van der Waals surface area contributed by atoms with Crippen molar-refractivity contribution in [3.63, 3.8) is 0 Å². The maximum absolute atomic E-state index is 14.7. The van der Waals surface area contributed by atoms with Gasteiger partial charge in [-0.2, -0.15) is 0 Å². The summed E-state index contributed by atoms with van der Waals surface area (Å²) in [5, 5.41) is 9.37. The van der Waals surface area contributed by atoms with Crippen LogP contribution in [0.25, 0.3) is 0 Å². The van der Waals surface area contributed by atoms with Crippen LogP contribution in [-0.4, -0.2) is 73.2 Å². The number of rotatable bonds is 3. The van der Waals surface area contributed by atoms with Crippen molar-refractivity contribution in [1.82, 2.24) is 4.90 Å². The second kappa shape index (κ2) is 7.83. The van der Waals surface area contributed by atoms with Gasteiger partial charge in [-0.1, -0.05) is 0 Å². The van der Waals surface area contributed by atoms with Gasteiger partial charge in [-0.25, -0.2) is 14.0 Å². The molecular weight excluding hydrogens is 369 g/mol. The first kappa shape index (κ1) is 20.2. The molecule has 0 spiro atoms. The van der Waals surface area contributed by atoms with E-state index in [1.54, 1.807) is 17.0 Å². The van der Waals surface area contributed by atoms with Gasteiger partial charge < -0.3 is 24.4 Å². The first-order valence-corrected chi connectivity index (χ1v) is 9.29. The SMILES string of the molecule is CC(C)(C)OC(=O)N1CCN(c2ccc(N3C(=O)OC[C@H]3CO)cc2F)CC1. The lowest BCUT2D eigenvalue weighted by Gasteiger charge is -2.37. The van der Waals surface area contributed by atoms with E-state index in [0.29, 0.717) is 37.6 Å². The summed E-state index contributed by atoms with van der Waals surface area (Å²) in [7, 11) is 0. The van der Waals surface area contributed by atoms with E-state index < -0.39 is 23.6 Å². The molecule has 1 aromatic carbocycles. The van der Waals surface area contributed by atoms with E-state index in [1.165, 1.54) is 11.0 Å². The number of hydrogen-bond donors (Lipinski definition) is 1. The number of piperazine rings is 1. The fourth-order valence-corrected chi connectivity index (χ4v) is 3.27. The van der Waals surface area contributed by atoms with Gasteiger partial charge in [0.2, 0.25) is 0 Å². The minimum Gasteiger partial charge on any atom is -0.447 e. The highest BCUT2D eigenvalue weighted by atomic mass is 19.1. The molecule has 3 rings (SSSR count). The summed E-state index contributed by atoms with van der Waals surface area (Å²) < 4.78 is 25.0. The molecule has 0 unspecified atom stereocenters. The number of anilines is 2. The number of aliphatic hydroxyl groups is 1. The van der Waals surface area contributed by atoms with Crippen molar-refractivity contribution in [3.8, 4) is 0 Å². The Bertz CT molecular complexity index is 744. The first-order valence-electron chi connectivity index (χ1n) is 9.29. The van der Waals surface area contributed by atoms with Crippen molar-refractivity contribution in [2.45, 2.75) is 32.4 Å². The number of aliphatic hydroxyl groups excluding tert-OH is 1. The van der Waals surface area contributed by atoms with Gasteiger partial charge in [0.1, 0.15) is 18.0 Å². The lowest BCUT2D eigenvalue weighted by molar-refractivity contribution is 0.0240. The molecule has 2 heterocycles. The average molecular weight is 395 g/mol. The summed E-state index contributed by atoms with van der Waals surface area (Å²) in [6, 6.07) is 3.99. The monoisotopic (exact) mass is 395 g/mol. The summed E-state index contributed by atoms with van der Waals surface area (Å²) in [5.74, 6) is -0.473. The van der Waals surface area contributed by atoms with Crippen LogP contribution in [0.2, 0.25) is 0 Å². The molecule has 2 saturated heterocycles. The molecule has 0 aromatic heterocycles. The largest absolute Gasteiger partial charge is 0.447 e. The predicted octanol–water partition coefficient (Wildman–Crippen LogP) is 2.20. The Hall–Kier alpha value is -2.55. The average Bonchev–Trinajstić information content (AvgIpc) is 3.01. The molecule has 1 aromatic rings. The third-order valence-corrected chi connectivity index (χ3v) is 4.65. The van der Waals surface area contributed by atoms with Gasteiger partial charge in [-0.15, -0.1) is 0 Å². The molecule has 9 heteroatoms. The fraction of sp³-hybridized carbons (Fsp3) is 0.579. The molecule has 0 saturated carbocycles. The van der Waals surface area contributed by atoms with Gasteiger partial charge in [0, 0.05) is 26.2 Å². The van der Waals surface area contributed by atoms with Crippen LogP contribution in [0.1, 0.15) is 20.8 Å². The number of amides is 2. The molecular formula is C19H26FN3O5. The minimum absolute atomic E-state index is 0.0747. The van der Waals surface area contributed by atoms with Gasteiger partial charge in [0.05, 0.1) is 24.0 Å². The summed E-state index contributed by atoms with van der Waals surface area (Å²) >= 11 is 0. The number of carbonyl (C=O) groups excluding carboxylic acids is 2. The number of hydrogen-bond acceptors (Lipinski definition) is 6. The Morgan fingerprint density at radius 1 is 1.29 bits per heavy atom. The molecule has 0 bridgehead atoms. The number of benzene rings is 1. The maximum atomic E-state index is 14.7. The molecule has 0 aliphatic carbocycles. The van der Waals surface area contributed by atoms with Crippen LogP contribution in [0.4, 0.5) is 25.4 Å². The topological polar surface area (TPSA) is 82.6 Å². The molecule has 28 heavy (non-hydrogen) atoms. The molecule has 8 nitrogen and oxygen atoms in total. The number of halogens is 1. The van der Waals surface area contributed by atoms with Crippen LogP contribution in [0, 0.1) is 5.82 Å². The normalized spacial score (nSPS) is 20.4. The molecule has 2 fully saturated rings. The van der Waals surface area contributed by atoms with Crippen molar-refractivity contribution < 1.29 is 28.6 Å². The number of nitrogens with zero attached hydrogens (tertiary/aromatic N) is 3. The summed E-state index contributed by atoms with van der Waals surface area (Å²) in [4.78, 5) is 28.7. The quantitative estimate of drug-likeness (QED) is 0.845. The van der Waals surface area contributed by atoms with Crippen molar-refractivity contribution >= 4 is 23.6 Å². The van der Waals surface area contributed by atoms with E-state index in [-0.39, 0.29) is 19.3 Å². The lowest BCUT2D eigenvalue weighted by Crippen LogP contribution is -2.50. The van der Waals surface area contributed by atoms with E-state index in [4.69, 9.17) is 9.47 Å². The maximum Gasteiger partial charge on any atom is 0.414 e. The third-order valence-electron chi connectivity index (χ3n) is 4.65.